The summed E-state index contributed by atoms with van der Waals surface area (Å²) >= 11 is 5.99. The van der Waals surface area contributed by atoms with Crippen molar-refractivity contribution in [3.05, 3.63) is 59.2 Å². The van der Waals surface area contributed by atoms with Gasteiger partial charge in [-0.3, -0.25) is 4.98 Å². The number of benzene rings is 2. The number of aromatic nitrogens is 1. The number of pyridine rings is 1. The maximum Gasteiger partial charge on any atom is 0.312 e. The van der Waals surface area contributed by atoms with Gasteiger partial charge in [-0.2, -0.15) is 0 Å². The van der Waals surface area contributed by atoms with Gasteiger partial charge in [-0.25, -0.2) is 4.79 Å². The van der Waals surface area contributed by atoms with E-state index in [2.05, 4.69) is 15.6 Å². The van der Waals surface area contributed by atoms with Crippen LogP contribution in [-0.4, -0.2) is 16.1 Å². The van der Waals surface area contributed by atoms with Gasteiger partial charge in [0.25, 0.3) is 0 Å². The lowest BCUT2D eigenvalue weighted by molar-refractivity contribution is 0.248. The highest BCUT2D eigenvalue weighted by atomic mass is 35.5. The molecule has 2 aromatic carbocycles. The topological polar surface area (TPSA) is 100 Å². The second kappa shape index (κ2) is 6.64. The number of carbonyl (C=O) groups excluding carboxylic acids is 1. The fourth-order valence-corrected chi connectivity index (χ4v) is 2.53. The van der Waals surface area contributed by atoms with Crippen molar-refractivity contribution in [2.45, 2.75) is 6.54 Å². The van der Waals surface area contributed by atoms with Crippen LogP contribution in [0.4, 0.5) is 16.2 Å². The van der Waals surface area contributed by atoms with Gasteiger partial charge in [0.2, 0.25) is 0 Å². The number of amides is 2. The number of fused-ring (bicyclic) bond motifs is 1. The Kier molecular flexibility index (Phi) is 4.39. The van der Waals surface area contributed by atoms with Crippen LogP contribution in [0.25, 0.3) is 10.9 Å². The van der Waals surface area contributed by atoms with Crippen molar-refractivity contribution in [2.75, 3.05) is 5.32 Å². The molecule has 122 valence electrons. The van der Waals surface area contributed by atoms with Gasteiger partial charge in [-0.15, -0.1) is 0 Å². The molecular weight excluding hydrogens is 328 g/mol. The number of nitrogens with one attached hydrogen (secondary N) is 2. The number of nitrogens with two attached hydrogens (primary N) is 1. The Morgan fingerprint density at radius 2 is 2.04 bits per heavy atom. The van der Waals surface area contributed by atoms with Gasteiger partial charge in [0.05, 0.1) is 5.52 Å². The minimum absolute atomic E-state index is 0.0650. The molecule has 3 aromatic rings. The third-order valence-corrected chi connectivity index (χ3v) is 3.76. The quantitative estimate of drug-likeness (QED) is 0.583. The van der Waals surface area contributed by atoms with Crippen molar-refractivity contribution in [3.8, 4) is 5.75 Å². The standard InChI is InChI=1S/C17H15ClN4O2/c18-11-2-4-13-14(5-6-20-15(13)7-11)22-12-3-1-10(16(23)8-12)9-21-17(19)24/h1-8,23H,9H2,(H,20,22)(H3,19,21,24). The number of primary amides is 1. The van der Waals surface area contributed by atoms with Crippen molar-refractivity contribution in [3.63, 3.8) is 0 Å². The van der Waals surface area contributed by atoms with Gasteiger partial charge in [0.1, 0.15) is 5.75 Å². The fraction of sp³-hybridized carbons (Fsp3) is 0.0588. The minimum atomic E-state index is -0.640. The van der Waals surface area contributed by atoms with Crippen LogP contribution < -0.4 is 16.4 Å². The van der Waals surface area contributed by atoms with Gasteiger partial charge >= 0.3 is 6.03 Å². The Bertz CT molecular complexity index is 914. The molecule has 0 spiro atoms. The molecule has 1 aromatic heterocycles. The first kappa shape index (κ1) is 15.9. The van der Waals surface area contributed by atoms with Crippen LogP contribution in [0.15, 0.2) is 48.7 Å². The highest BCUT2D eigenvalue weighted by Gasteiger charge is 2.06. The Morgan fingerprint density at radius 1 is 1.21 bits per heavy atom. The number of anilines is 2. The predicted octanol–water partition coefficient (Wildman–Crippen LogP) is 3.51. The van der Waals surface area contributed by atoms with E-state index >= 15 is 0 Å². The lowest BCUT2D eigenvalue weighted by Crippen LogP contribution is -2.28. The zero-order valence-corrected chi connectivity index (χ0v) is 13.3. The van der Waals surface area contributed by atoms with Crippen molar-refractivity contribution >= 4 is 39.9 Å². The number of nitrogens with zero attached hydrogens (tertiary/aromatic N) is 1. The summed E-state index contributed by atoms with van der Waals surface area (Å²) in [4.78, 5) is 15.0. The van der Waals surface area contributed by atoms with Gasteiger partial charge in [-0.1, -0.05) is 17.7 Å². The average Bonchev–Trinajstić information content (AvgIpc) is 2.54. The third kappa shape index (κ3) is 3.49. The van der Waals surface area contributed by atoms with Gasteiger partial charge in [0.15, 0.2) is 0 Å². The molecule has 7 heteroatoms. The maximum atomic E-state index is 10.7. The number of hydrogen-bond donors (Lipinski definition) is 4. The van der Waals surface area contributed by atoms with E-state index in [-0.39, 0.29) is 12.3 Å². The zero-order valence-electron chi connectivity index (χ0n) is 12.6. The van der Waals surface area contributed by atoms with E-state index in [0.29, 0.717) is 16.3 Å². The van der Waals surface area contributed by atoms with E-state index in [0.717, 1.165) is 16.6 Å². The summed E-state index contributed by atoms with van der Waals surface area (Å²) in [6, 6.07) is 11.8. The van der Waals surface area contributed by atoms with Crippen molar-refractivity contribution < 1.29 is 9.90 Å². The number of hydrogen-bond acceptors (Lipinski definition) is 4. The number of phenolic OH excluding ortho intramolecular Hbond substituents is 1. The van der Waals surface area contributed by atoms with Gasteiger partial charge in [-0.05, 0) is 30.3 Å². The second-order valence-corrected chi connectivity index (χ2v) is 5.64. The number of aromatic hydroxyl groups is 1. The zero-order chi connectivity index (χ0) is 17.1. The summed E-state index contributed by atoms with van der Waals surface area (Å²) in [5.74, 6) is 0.0650. The Balaban J connectivity index is 1.86. The molecule has 0 radical (unpaired) electrons. The molecule has 0 fully saturated rings. The third-order valence-electron chi connectivity index (χ3n) is 3.52. The van der Waals surface area contributed by atoms with E-state index in [9.17, 15) is 9.90 Å². The normalized spacial score (nSPS) is 10.5. The summed E-state index contributed by atoms with van der Waals surface area (Å²) in [7, 11) is 0. The summed E-state index contributed by atoms with van der Waals surface area (Å²) in [5, 5.41) is 17.3. The Hall–Kier alpha value is -2.99. The smallest absolute Gasteiger partial charge is 0.312 e. The number of carbonyl (C=O) groups is 1. The molecule has 0 aliphatic heterocycles. The van der Waals surface area contributed by atoms with Crippen LogP contribution in [0.3, 0.4) is 0 Å². The number of phenols is 1. The van der Waals surface area contributed by atoms with E-state index in [1.807, 2.05) is 12.1 Å². The summed E-state index contributed by atoms with van der Waals surface area (Å²) in [6.07, 6.45) is 1.69. The SMILES string of the molecule is NC(=O)NCc1ccc(Nc2ccnc3cc(Cl)ccc23)cc1O. The summed E-state index contributed by atoms with van der Waals surface area (Å²) in [5.41, 5.74) is 7.93. The largest absolute Gasteiger partial charge is 0.508 e. The molecule has 3 rings (SSSR count). The van der Waals surface area contributed by atoms with E-state index in [4.69, 9.17) is 17.3 Å². The molecule has 0 bridgehead atoms. The lowest BCUT2D eigenvalue weighted by atomic mass is 10.1. The van der Waals surface area contributed by atoms with Crippen LogP contribution in [0.2, 0.25) is 5.02 Å². The first-order valence-electron chi connectivity index (χ1n) is 7.19. The maximum absolute atomic E-state index is 10.7. The Labute approximate surface area is 143 Å². The highest BCUT2D eigenvalue weighted by Crippen LogP contribution is 2.29. The molecule has 2 amide bonds. The molecule has 6 nitrogen and oxygen atoms in total. The van der Waals surface area contributed by atoms with Crippen LogP contribution in [0, 0.1) is 0 Å². The minimum Gasteiger partial charge on any atom is -0.508 e. The van der Waals surface area contributed by atoms with E-state index in [1.165, 1.54) is 0 Å². The monoisotopic (exact) mass is 342 g/mol. The number of halogens is 1. The highest BCUT2D eigenvalue weighted by molar-refractivity contribution is 6.31. The van der Waals surface area contributed by atoms with Crippen molar-refractivity contribution in [2.24, 2.45) is 5.73 Å². The van der Waals surface area contributed by atoms with Crippen LogP contribution in [0.5, 0.6) is 5.75 Å². The van der Waals surface area contributed by atoms with Crippen molar-refractivity contribution in [1.82, 2.24) is 10.3 Å². The first-order valence-corrected chi connectivity index (χ1v) is 7.57. The molecule has 24 heavy (non-hydrogen) atoms. The van der Waals surface area contributed by atoms with E-state index in [1.54, 1.807) is 36.5 Å². The Morgan fingerprint density at radius 3 is 2.79 bits per heavy atom. The molecule has 0 atom stereocenters. The summed E-state index contributed by atoms with van der Waals surface area (Å²) in [6.45, 7) is 0.165. The van der Waals surface area contributed by atoms with Crippen LogP contribution >= 0.6 is 11.6 Å². The van der Waals surface area contributed by atoms with E-state index < -0.39 is 6.03 Å². The lowest BCUT2D eigenvalue weighted by Gasteiger charge is -2.12. The molecule has 0 aliphatic rings. The molecular formula is C17H15ClN4O2. The molecule has 5 N–H and O–H groups in total. The molecule has 0 aliphatic carbocycles. The average molecular weight is 343 g/mol. The predicted molar refractivity (Wildman–Crippen MR) is 94.6 cm³/mol. The van der Waals surface area contributed by atoms with Crippen LogP contribution in [-0.2, 0) is 6.54 Å². The first-order chi connectivity index (χ1) is 11.5. The molecule has 1 heterocycles. The number of urea groups is 1. The molecule has 0 unspecified atom stereocenters. The van der Waals surface area contributed by atoms with Gasteiger partial charge < -0.3 is 21.5 Å². The van der Waals surface area contributed by atoms with Gasteiger partial charge in [0, 0.05) is 46.2 Å². The fourth-order valence-electron chi connectivity index (χ4n) is 2.36. The molecule has 0 saturated heterocycles. The molecule has 0 saturated carbocycles. The number of rotatable bonds is 4. The summed E-state index contributed by atoms with van der Waals surface area (Å²) < 4.78 is 0. The van der Waals surface area contributed by atoms with Crippen LogP contribution in [0.1, 0.15) is 5.56 Å². The second-order valence-electron chi connectivity index (χ2n) is 5.21. The van der Waals surface area contributed by atoms with Crippen molar-refractivity contribution in [1.29, 1.82) is 0 Å².